The highest BCUT2D eigenvalue weighted by molar-refractivity contribution is 7.89. The molecule has 2 atom stereocenters. The third-order valence-electron chi connectivity index (χ3n) is 3.13. The number of rotatable bonds is 5. The van der Waals surface area contributed by atoms with Crippen molar-refractivity contribution in [3.8, 4) is 0 Å². The second kappa shape index (κ2) is 4.64. The van der Waals surface area contributed by atoms with Crippen molar-refractivity contribution in [3.05, 3.63) is 15.8 Å². The van der Waals surface area contributed by atoms with Crippen LogP contribution in [0.15, 0.2) is 10.3 Å². The van der Waals surface area contributed by atoms with E-state index >= 15 is 0 Å². The van der Waals surface area contributed by atoms with Gasteiger partial charge in [0.2, 0.25) is 10.0 Å². The van der Waals surface area contributed by atoms with Crippen LogP contribution in [0.25, 0.3) is 0 Å². The van der Waals surface area contributed by atoms with Crippen molar-refractivity contribution < 1.29 is 18.3 Å². The molecule has 0 radical (unpaired) electrons. The molecular weight excluding hydrogens is 274 g/mol. The van der Waals surface area contributed by atoms with Crippen LogP contribution in [-0.2, 0) is 10.0 Å². The van der Waals surface area contributed by atoms with Crippen molar-refractivity contribution in [2.75, 3.05) is 0 Å². The molecule has 1 aromatic heterocycles. The number of thiophene rings is 1. The molecule has 1 fully saturated rings. The van der Waals surface area contributed by atoms with Gasteiger partial charge in [0.05, 0.1) is 0 Å². The molecule has 1 aliphatic rings. The Labute approximate surface area is 110 Å². The van der Waals surface area contributed by atoms with Crippen LogP contribution < -0.4 is 4.72 Å². The van der Waals surface area contributed by atoms with E-state index in [0.29, 0.717) is 11.5 Å². The summed E-state index contributed by atoms with van der Waals surface area (Å²) >= 11 is 0.946. The Kier molecular flexibility index (Phi) is 3.48. The maximum atomic E-state index is 12.2. The largest absolute Gasteiger partial charge is 0.477 e. The summed E-state index contributed by atoms with van der Waals surface area (Å²) in [5.41, 5.74) is 0.485. The van der Waals surface area contributed by atoms with Crippen molar-refractivity contribution in [2.24, 2.45) is 5.92 Å². The third-order valence-corrected chi connectivity index (χ3v) is 6.03. The molecule has 18 heavy (non-hydrogen) atoms. The smallest absolute Gasteiger partial charge is 0.347 e. The number of hydrogen-bond acceptors (Lipinski definition) is 4. The Morgan fingerprint density at radius 1 is 1.61 bits per heavy atom. The van der Waals surface area contributed by atoms with Crippen LogP contribution in [0, 0.1) is 12.8 Å². The summed E-state index contributed by atoms with van der Waals surface area (Å²) in [6.45, 7) is 3.62. The summed E-state index contributed by atoms with van der Waals surface area (Å²) in [6, 6.07) is -0.0408. The molecular formula is C11H15NO4S2. The molecule has 1 aromatic rings. The lowest BCUT2D eigenvalue weighted by molar-refractivity contribution is 0.0698. The summed E-state index contributed by atoms with van der Waals surface area (Å²) < 4.78 is 27.0. The lowest BCUT2D eigenvalue weighted by atomic mass is 10.3. The molecule has 0 amide bonds. The second-order valence-electron chi connectivity index (χ2n) is 4.51. The number of carboxylic acid groups (broad SMARTS) is 1. The van der Waals surface area contributed by atoms with Crippen molar-refractivity contribution >= 4 is 27.3 Å². The maximum absolute atomic E-state index is 12.2. The minimum Gasteiger partial charge on any atom is -0.477 e. The Hall–Kier alpha value is -0.920. The van der Waals surface area contributed by atoms with Gasteiger partial charge in [0.1, 0.15) is 9.77 Å². The first kappa shape index (κ1) is 13.5. The van der Waals surface area contributed by atoms with Gasteiger partial charge < -0.3 is 5.11 Å². The topological polar surface area (TPSA) is 83.5 Å². The van der Waals surface area contributed by atoms with Crippen LogP contribution >= 0.6 is 11.3 Å². The van der Waals surface area contributed by atoms with E-state index in [0.717, 1.165) is 24.2 Å². The predicted molar refractivity (Wildman–Crippen MR) is 68.5 cm³/mol. The van der Waals surface area contributed by atoms with Gasteiger partial charge in [0.15, 0.2) is 0 Å². The molecule has 100 valence electrons. The zero-order valence-electron chi connectivity index (χ0n) is 10.1. The first-order valence-corrected chi connectivity index (χ1v) is 8.06. The summed E-state index contributed by atoms with van der Waals surface area (Å²) in [7, 11) is -3.72. The molecule has 1 aliphatic carbocycles. The molecule has 5 nitrogen and oxygen atoms in total. The van der Waals surface area contributed by atoms with Gasteiger partial charge in [-0.1, -0.05) is 13.3 Å². The summed E-state index contributed by atoms with van der Waals surface area (Å²) in [5.74, 6) is -0.816. The maximum Gasteiger partial charge on any atom is 0.347 e. The zero-order chi connectivity index (χ0) is 13.5. The molecule has 2 unspecified atom stereocenters. The standard InChI is InChI=1S/C11H15NO4S2/c1-3-7-4-8(7)12-18(15,16)10-6(2)5-17-9(10)11(13)14/h5,7-8,12H,3-4H2,1-2H3,(H,13,14). The van der Waals surface area contributed by atoms with E-state index in [-0.39, 0.29) is 15.8 Å². The highest BCUT2D eigenvalue weighted by Gasteiger charge is 2.40. The molecule has 0 bridgehead atoms. The van der Waals surface area contributed by atoms with Crippen LogP contribution in [0.2, 0.25) is 0 Å². The van der Waals surface area contributed by atoms with E-state index in [9.17, 15) is 13.2 Å². The second-order valence-corrected chi connectivity index (χ2v) is 7.04. The molecule has 0 aliphatic heterocycles. The highest BCUT2D eigenvalue weighted by Crippen LogP contribution is 2.35. The van der Waals surface area contributed by atoms with Gasteiger partial charge in [-0.15, -0.1) is 11.3 Å². The van der Waals surface area contributed by atoms with E-state index in [4.69, 9.17) is 5.11 Å². The van der Waals surface area contributed by atoms with Gasteiger partial charge >= 0.3 is 5.97 Å². The van der Waals surface area contributed by atoms with Crippen LogP contribution in [0.1, 0.15) is 35.0 Å². The molecule has 2 N–H and O–H groups in total. The predicted octanol–water partition coefficient (Wildman–Crippen LogP) is 1.83. The lowest BCUT2D eigenvalue weighted by Gasteiger charge is -2.07. The van der Waals surface area contributed by atoms with Gasteiger partial charge in [-0.2, -0.15) is 0 Å². The van der Waals surface area contributed by atoms with Gasteiger partial charge in [-0.25, -0.2) is 17.9 Å². The number of carboxylic acids is 1. The van der Waals surface area contributed by atoms with Crippen molar-refractivity contribution in [3.63, 3.8) is 0 Å². The van der Waals surface area contributed by atoms with E-state index in [1.54, 1.807) is 12.3 Å². The SMILES string of the molecule is CCC1CC1NS(=O)(=O)c1c(C)csc1C(=O)O. The monoisotopic (exact) mass is 289 g/mol. The number of sulfonamides is 1. The normalized spacial score (nSPS) is 23.0. The average molecular weight is 289 g/mol. The minimum absolute atomic E-state index is 0.0408. The van der Waals surface area contributed by atoms with Crippen LogP contribution in [0.3, 0.4) is 0 Å². The summed E-state index contributed by atoms with van der Waals surface area (Å²) in [6.07, 6.45) is 1.77. The van der Waals surface area contributed by atoms with E-state index in [2.05, 4.69) is 4.72 Å². The van der Waals surface area contributed by atoms with Gasteiger partial charge in [0, 0.05) is 6.04 Å². The molecule has 0 spiro atoms. The van der Waals surface area contributed by atoms with E-state index < -0.39 is 16.0 Å². The Bertz CT molecular complexity index is 576. The first-order chi connectivity index (χ1) is 8.36. The molecule has 1 saturated carbocycles. The lowest BCUT2D eigenvalue weighted by Crippen LogP contribution is -2.28. The number of carbonyl (C=O) groups is 1. The van der Waals surface area contributed by atoms with Gasteiger partial charge in [-0.3, -0.25) is 0 Å². The summed E-state index contributed by atoms with van der Waals surface area (Å²) in [4.78, 5) is 10.8. The van der Waals surface area contributed by atoms with Crippen molar-refractivity contribution in [1.29, 1.82) is 0 Å². The third kappa shape index (κ3) is 2.43. The number of aromatic carboxylic acids is 1. The van der Waals surface area contributed by atoms with Gasteiger partial charge in [-0.05, 0) is 30.2 Å². The Morgan fingerprint density at radius 2 is 2.28 bits per heavy atom. The Morgan fingerprint density at radius 3 is 2.78 bits per heavy atom. The van der Waals surface area contributed by atoms with E-state index in [1.165, 1.54) is 0 Å². The van der Waals surface area contributed by atoms with Crippen LogP contribution in [0.4, 0.5) is 0 Å². The van der Waals surface area contributed by atoms with Crippen LogP contribution in [-0.4, -0.2) is 25.5 Å². The first-order valence-electron chi connectivity index (χ1n) is 5.70. The van der Waals surface area contributed by atoms with Crippen molar-refractivity contribution in [2.45, 2.75) is 37.6 Å². The molecule has 7 heteroatoms. The average Bonchev–Trinajstić information content (AvgIpc) is 2.87. The van der Waals surface area contributed by atoms with Crippen molar-refractivity contribution in [1.82, 2.24) is 4.72 Å². The number of aryl methyl sites for hydroxylation is 1. The Balaban J connectivity index is 2.30. The van der Waals surface area contributed by atoms with Crippen LogP contribution in [0.5, 0.6) is 0 Å². The fourth-order valence-electron chi connectivity index (χ4n) is 2.02. The molecule has 1 heterocycles. The summed E-state index contributed by atoms with van der Waals surface area (Å²) in [5, 5.41) is 10.6. The highest BCUT2D eigenvalue weighted by atomic mass is 32.2. The fourth-order valence-corrected chi connectivity index (χ4v) is 4.96. The van der Waals surface area contributed by atoms with E-state index in [1.807, 2.05) is 6.92 Å². The van der Waals surface area contributed by atoms with Gasteiger partial charge in [0.25, 0.3) is 0 Å². The molecule has 0 aromatic carbocycles. The number of hydrogen-bond donors (Lipinski definition) is 2. The molecule has 2 rings (SSSR count). The fraction of sp³-hybridized carbons (Fsp3) is 0.545. The number of nitrogens with one attached hydrogen (secondary N) is 1. The molecule has 0 saturated heterocycles. The minimum atomic E-state index is -3.72. The quantitative estimate of drug-likeness (QED) is 0.866. The zero-order valence-corrected chi connectivity index (χ0v) is 11.8.